The topological polar surface area (TPSA) is 52.9 Å². The van der Waals surface area contributed by atoms with Gasteiger partial charge < -0.3 is 5.32 Å². The summed E-state index contributed by atoms with van der Waals surface area (Å²) in [6.07, 6.45) is 0. The van der Waals surface area contributed by atoms with E-state index >= 15 is 0 Å². The van der Waals surface area contributed by atoms with E-state index in [9.17, 15) is 10.1 Å². The number of nitriles is 1. The zero-order chi connectivity index (χ0) is 17.6. The van der Waals surface area contributed by atoms with Gasteiger partial charge in [-0.25, -0.2) is 0 Å². The number of hydrogen-bond acceptors (Lipinski definition) is 3. The lowest BCUT2D eigenvalue weighted by atomic mass is 10.2. The van der Waals surface area contributed by atoms with Crippen LogP contribution in [0, 0.1) is 11.3 Å². The molecule has 1 amide bonds. The number of benzene rings is 3. The van der Waals surface area contributed by atoms with Crippen LogP contribution in [0.5, 0.6) is 0 Å². The molecule has 0 radical (unpaired) electrons. The smallest absolute Gasteiger partial charge is 0.256 e. The van der Waals surface area contributed by atoms with Gasteiger partial charge in [0.25, 0.3) is 5.91 Å². The van der Waals surface area contributed by atoms with Gasteiger partial charge in [-0.3, -0.25) is 4.79 Å². The molecule has 5 heteroatoms. The zero-order valence-corrected chi connectivity index (χ0v) is 15.5. The first-order chi connectivity index (χ1) is 12.2. The van der Waals surface area contributed by atoms with Crippen molar-refractivity contribution in [3.63, 3.8) is 0 Å². The maximum Gasteiger partial charge on any atom is 0.256 e. The van der Waals surface area contributed by atoms with E-state index in [1.54, 1.807) is 12.1 Å². The average molecular weight is 409 g/mol. The SMILES string of the molecule is N#Cc1ccccc1Sc1ccccc1C(=O)Nc1cccc(Br)c1. The van der Waals surface area contributed by atoms with Crippen molar-refractivity contribution < 1.29 is 4.79 Å². The third kappa shape index (κ3) is 4.30. The highest BCUT2D eigenvalue weighted by atomic mass is 79.9. The second kappa shape index (κ2) is 8.02. The van der Waals surface area contributed by atoms with Crippen LogP contribution in [0.3, 0.4) is 0 Å². The van der Waals surface area contributed by atoms with Crippen molar-refractivity contribution >= 4 is 39.3 Å². The largest absolute Gasteiger partial charge is 0.322 e. The summed E-state index contributed by atoms with van der Waals surface area (Å²) in [7, 11) is 0. The molecule has 0 heterocycles. The summed E-state index contributed by atoms with van der Waals surface area (Å²) in [4.78, 5) is 14.3. The maximum atomic E-state index is 12.7. The molecule has 0 unspecified atom stereocenters. The number of amides is 1. The number of rotatable bonds is 4. The van der Waals surface area contributed by atoms with Crippen molar-refractivity contribution in [2.75, 3.05) is 5.32 Å². The number of hydrogen-bond donors (Lipinski definition) is 1. The van der Waals surface area contributed by atoms with Crippen molar-refractivity contribution in [2.45, 2.75) is 9.79 Å². The van der Waals surface area contributed by atoms with Gasteiger partial charge in [-0.1, -0.05) is 58.0 Å². The van der Waals surface area contributed by atoms with Crippen LogP contribution in [-0.4, -0.2) is 5.91 Å². The van der Waals surface area contributed by atoms with Crippen LogP contribution in [-0.2, 0) is 0 Å². The third-order valence-corrected chi connectivity index (χ3v) is 5.09. The van der Waals surface area contributed by atoms with Gasteiger partial charge in [-0.2, -0.15) is 5.26 Å². The van der Waals surface area contributed by atoms with Crippen molar-refractivity contribution in [3.05, 3.63) is 88.4 Å². The van der Waals surface area contributed by atoms with E-state index in [0.29, 0.717) is 11.1 Å². The van der Waals surface area contributed by atoms with Gasteiger partial charge in [-0.05, 0) is 42.5 Å². The number of carbonyl (C=O) groups excluding carboxylic acids is 1. The van der Waals surface area contributed by atoms with Crippen LogP contribution in [0.25, 0.3) is 0 Å². The van der Waals surface area contributed by atoms with Gasteiger partial charge in [0.2, 0.25) is 0 Å². The van der Waals surface area contributed by atoms with Gasteiger partial charge in [0.15, 0.2) is 0 Å². The van der Waals surface area contributed by atoms with Crippen molar-refractivity contribution in [1.29, 1.82) is 5.26 Å². The molecule has 0 aliphatic heterocycles. The van der Waals surface area contributed by atoms with Crippen LogP contribution in [0.2, 0.25) is 0 Å². The van der Waals surface area contributed by atoms with Crippen molar-refractivity contribution in [2.24, 2.45) is 0 Å². The number of carbonyl (C=O) groups is 1. The lowest BCUT2D eigenvalue weighted by Gasteiger charge is -2.11. The molecule has 0 spiro atoms. The normalized spacial score (nSPS) is 10.1. The van der Waals surface area contributed by atoms with E-state index in [1.807, 2.05) is 60.7 Å². The fraction of sp³-hybridized carbons (Fsp3) is 0. The summed E-state index contributed by atoms with van der Waals surface area (Å²) < 4.78 is 0.899. The quantitative estimate of drug-likeness (QED) is 0.599. The lowest BCUT2D eigenvalue weighted by Crippen LogP contribution is -2.12. The summed E-state index contributed by atoms with van der Waals surface area (Å²) in [6, 6.07) is 24.4. The maximum absolute atomic E-state index is 12.7. The molecule has 122 valence electrons. The second-order valence-electron chi connectivity index (χ2n) is 5.17. The molecule has 0 atom stereocenters. The van der Waals surface area contributed by atoms with E-state index in [4.69, 9.17) is 0 Å². The summed E-state index contributed by atoms with van der Waals surface area (Å²) in [5.41, 5.74) is 1.88. The molecule has 0 fully saturated rings. The van der Waals surface area contributed by atoms with Gasteiger partial charge in [0.05, 0.1) is 11.1 Å². The Morgan fingerprint density at radius 3 is 2.44 bits per heavy atom. The minimum Gasteiger partial charge on any atom is -0.322 e. The molecular weight excluding hydrogens is 396 g/mol. The molecule has 0 aliphatic rings. The summed E-state index contributed by atoms with van der Waals surface area (Å²) in [6.45, 7) is 0. The lowest BCUT2D eigenvalue weighted by molar-refractivity contribution is 0.102. The Balaban J connectivity index is 1.88. The molecule has 3 rings (SSSR count). The first-order valence-electron chi connectivity index (χ1n) is 7.50. The van der Waals surface area contributed by atoms with E-state index in [1.165, 1.54) is 11.8 Å². The molecular formula is C20H13BrN2OS. The Morgan fingerprint density at radius 2 is 1.68 bits per heavy atom. The number of anilines is 1. The first kappa shape index (κ1) is 17.3. The molecule has 0 saturated heterocycles. The van der Waals surface area contributed by atoms with Gasteiger partial charge in [0.1, 0.15) is 6.07 Å². The fourth-order valence-corrected chi connectivity index (χ4v) is 3.70. The summed E-state index contributed by atoms with van der Waals surface area (Å²) in [5, 5.41) is 12.2. The molecule has 0 aromatic heterocycles. The highest BCUT2D eigenvalue weighted by Crippen LogP contribution is 2.33. The van der Waals surface area contributed by atoms with Crippen LogP contribution < -0.4 is 5.32 Å². The Morgan fingerprint density at radius 1 is 0.960 bits per heavy atom. The highest BCUT2D eigenvalue weighted by Gasteiger charge is 2.13. The molecule has 3 aromatic rings. The first-order valence-corrected chi connectivity index (χ1v) is 9.11. The van der Waals surface area contributed by atoms with E-state index in [0.717, 1.165) is 20.0 Å². The monoisotopic (exact) mass is 408 g/mol. The molecule has 1 N–H and O–H groups in total. The Labute approximate surface area is 158 Å². The second-order valence-corrected chi connectivity index (χ2v) is 7.17. The highest BCUT2D eigenvalue weighted by molar-refractivity contribution is 9.10. The summed E-state index contributed by atoms with van der Waals surface area (Å²) in [5.74, 6) is -0.185. The predicted octanol–water partition coefficient (Wildman–Crippen LogP) is 5.72. The Bertz CT molecular complexity index is 966. The van der Waals surface area contributed by atoms with Crippen LogP contribution >= 0.6 is 27.7 Å². The van der Waals surface area contributed by atoms with E-state index in [2.05, 4.69) is 27.3 Å². The van der Waals surface area contributed by atoms with Crippen LogP contribution in [0.4, 0.5) is 5.69 Å². The molecule has 3 aromatic carbocycles. The van der Waals surface area contributed by atoms with Crippen LogP contribution in [0.15, 0.2) is 87.1 Å². The fourth-order valence-electron chi connectivity index (χ4n) is 2.27. The van der Waals surface area contributed by atoms with Gasteiger partial charge in [0, 0.05) is 20.0 Å². The molecule has 25 heavy (non-hydrogen) atoms. The number of halogens is 1. The van der Waals surface area contributed by atoms with Gasteiger partial charge in [-0.15, -0.1) is 0 Å². The number of nitrogens with zero attached hydrogens (tertiary/aromatic N) is 1. The predicted molar refractivity (Wildman–Crippen MR) is 104 cm³/mol. The Hall–Kier alpha value is -2.55. The summed E-state index contributed by atoms with van der Waals surface area (Å²) >= 11 is 4.81. The van der Waals surface area contributed by atoms with Gasteiger partial charge >= 0.3 is 0 Å². The molecule has 0 bridgehead atoms. The molecule has 3 nitrogen and oxygen atoms in total. The minimum atomic E-state index is -0.185. The molecule has 0 aliphatic carbocycles. The van der Waals surface area contributed by atoms with Crippen LogP contribution in [0.1, 0.15) is 15.9 Å². The Kier molecular flexibility index (Phi) is 5.54. The number of nitrogens with one attached hydrogen (secondary N) is 1. The molecule has 0 saturated carbocycles. The third-order valence-electron chi connectivity index (χ3n) is 3.44. The standard InChI is InChI=1S/C20H13BrN2OS/c21-15-7-5-8-16(12-15)23-20(24)17-9-2-4-11-19(17)25-18-10-3-1-6-14(18)13-22/h1-12H,(H,23,24). The van der Waals surface area contributed by atoms with Crippen molar-refractivity contribution in [3.8, 4) is 6.07 Å². The minimum absolute atomic E-state index is 0.185. The van der Waals surface area contributed by atoms with E-state index < -0.39 is 0 Å². The zero-order valence-electron chi connectivity index (χ0n) is 13.1. The van der Waals surface area contributed by atoms with E-state index in [-0.39, 0.29) is 5.91 Å². The average Bonchev–Trinajstić information content (AvgIpc) is 2.62. The van der Waals surface area contributed by atoms with Crippen molar-refractivity contribution in [1.82, 2.24) is 0 Å².